The van der Waals surface area contributed by atoms with Crippen LogP contribution in [0.15, 0.2) is 0 Å². The zero-order valence-electron chi connectivity index (χ0n) is 5.88. The third-order valence-corrected chi connectivity index (χ3v) is 1.74. The molecular weight excluding hydrogens is 140 g/mol. The highest BCUT2D eigenvalue weighted by molar-refractivity contribution is 7.74. The summed E-state index contributed by atoms with van der Waals surface area (Å²) in [6, 6.07) is 0. The number of hydrogen-bond acceptors (Lipinski definition) is 2. The van der Waals surface area contributed by atoms with E-state index in [0.29, 0.717) is 0 Å². The molecule has 1 unspecified atom stereocenters. The summed E-state index contributed by atoms with van der Waals surface area (Å²) in [5.74, 6) is 0. The van der Waals surface area contributed by atoms with Gasteiger partial charge in [-0.1, -0.05) is 6.92 Å². The predicted octanol–water partition coefficient (Wildman–Crippen LogP) is 1.33. The van der Waals surface area contributed by atoms with Crippen LogP contribution in [0.4, 0.5) is 0 Å². The Morgan fingerprint density at radius 1 is 1.67 bits per heavy atom. The van der Waals surface area contributed by atoms with Gasteiger partial charge in [-0.2, -0.15) is 4.21 Å². The van der Waals surface area contributed by atoms with E-state index in [9.17, 15) is 4.21 Å². The average Bonchev–Trinajstić information content (AvgIpc) is 1.63. The lowest BCUT2D eigenvalue weighted by Crippen LogP contribution is -2.23. The maximum absolute atomic E-state index is 10.1. The van der Waals surface area contributed by atoms with Crippen LogP contribution in [-0.4, -0.2) is 14.4 Å². The highest BCUT2D eigenvalue weighted by Gasteiger charge is 2.18. The fourth-order valence-corrected chi connectivity index (χ4v) is 0.756. The largest absolute Gasteiger partial charge is 0.302 e. The predicted molar refractivity (Wildman–Crippen MR) is 36.2 cm³/mol. The SMILES string of the molecule is CCC(C)(C)OS(=O)O. The highest BCUT2D eigenvalue weighted by Crippen LogP contribution is 2.13. The van der Waals surface area contributed by atoms with Crippen molar-refractivity contribution in [3.8, 4) is 0 Å². The Morgan fingerprint density at radius 2 is 2.11 bits per heavy atom. The molecule has 9 heavy (non-hydrogen) atoms. The molecule has 0 amide bonds. The Kier molecular flexibility index (Phi) is 3.32. The Balaban J connectivity index is 3.71. The third-order valence-electron chi connectivity index (χ3n) is 1.15. The lowest BCUT2D eigenvalue weighted by Gasteiger charge is -2.18. The zero-order chi connectivity index (χ0) is 7.49. The summed E-state index contributed by atoms with van der Waals surface area (Å²) < 4.78 is 22.9. The minimum atomic E-state index is -2.13. The second-order valence-electron chi connectivity index (χ2n) is 2.41. The van der Waals surface area contributed by atoms with Crippen LogP contribution in [0.5, 0.6) is 0 Å². The van der Waals surface area contributed by atoms with Gasteiger partial charge in [0.2, 0.25) is 0 Å². The van der Waals surface area contributed by atoms with E-state index in [1.807, 2.05) is 6.92 Å². The molecule has 0 heterocycles. The van der Waals surface area contributed by atoms with Gasteiger partial charge in [0.05, 0.1) is 5.60 Å². The van der Waals surface area contributed by atoms with Crippen molar-refractivity contribution in [3.05, 3.63) is 0 Å². The van der Waals surface area contributed by atoms with E-state index in [4.69, 9.17) is 4.55 Å². The molecule has 0 aromatic carbocycles. The van der Waals surface area contributed by atoms with Crippen molar-refractivity contribution in [2.24, 2.45) is 0 Å². The van der Waals surface area contributed by atoms with E-state index >= 15 is 0 Å². The summed E-state index contributed by atoms with van der Waals surface area (Å²) in [6.07, 6.45) is 0.722. The van der Waals surface area contributed by atoms with Crippen LogP contribution in [0.1, 0.15) is 27.2 Å². The maximum Gasteiger partial charge on any atom is 0.302 e. The Morgan fingerprint density at radius 3 is 2.22 bits per heavy atom. The molecule has 0 bridgehead atoms. The van der Waals surface area contributed by atoms with Gasteiger partial charge in [0.1, 0.15) is 0 Å². The Labute approximate surface area is 57.9 Å². The van der Waals surface area contributed by atoms with E-state index < -0.39 is 17.0 Å². The first-order valence-electron chi connectivity index (χ1n) is 2.78. The molecule has 0 aliphatic carbocycles. The van der Waals surface area contributed by atoms with Crippen LogP contribution in [0, 0.1) is 0 Å². The van der Waals surface area contributed by atoms with Crippen LogP contribution in [0.3, 0.4) is 0 Å². The molecule has 4 heteroatoms. The van der Waals surface area contributed by atoms with Gasteiger partial charge in [0.15, 0.2) is 0 Å². The minimum Gasteiger partial charge on any atom is -0.284 e. The molecule has 0 aromatic rings. The van der Waals surface area contributed by atoms with Crippen LogP contribution in [0.25, 0.3) is 0 Å². The fraction of sp³-hybridized carbons (Fsp3) is 1.00. The van der Waals surface area contributed by atoms with Gasteiger partial charge >= 0.3 is 11.4 Å². The van der Waals surface area contributed by atoms with Crippen LogP contribution < -0.4 is 0 Å². The minimum absolute atomic E-state index is 0.486. The molecule has 56 valence electrons. The van der Waals surface area contributed by atoms with Crippen molar-refractivity contribution in [1.29, 1.82) is 0 Å². The molecule has 0 spiro atoms. The summed E-state index contributed by atoms with van der Waals surface area (Å²) >= 11 is -2.13. The first-order valence-corrected chi connectivity index (χ1v) is 3.81. The topological polar surface area (TPSA) is 46.5 Å². The summed E-state index contributed by atoms with van der Waals surface area (Å²) in [4.78, 5) is 0. The monoisotopic (exact) mass is 152 g/mol. The van der Waals surface area contributed by atoms with Crippen molar-refractivity contribution in [3.63, 3.8) is 0 Å². The van der Waals surface area contributed by atoms with Crippen molar-refractivity contribution in [1.82, 2.24) is 0 Å². The molecule has 1 atom stereocenters. The van der Waals surface area contributed by atoms with Gasteiger partial charge in [-0.25, -0.2) is 0 Å². The van der Waals surface area contributed by atoms with E-state index in [1.54, 1.807) is 13.8 Å². The van der Waals surface area contributed by atoms with Crippen LogP contribution in [-0.2, 0) is 15.5 Å². The molecule has 3 nitrogen and oxygen atoms in total. The van der Waals surface area contributed by atoms with Crippen molar-refractivity contribution < 1.29 is 12.9 Å². The van der Waals surface area contributed by atoms with Gasteiger partial charge < -0.3 is 0 Å². The van der Waals surface area contributed by atoms with Gasteiger partial charge in [-0.05, 0) is 20.3 Å². The Bertz CT molecular complexity index is 111. The normalized spacial score (nSPS) is 15.6. The maximum atomic E-state index is 10.1. The second-order valence-corrected chi connectivity index (χ2v) is 3.01. The quantitative estimate of drug-likeness (QED) is 0.620. The second kappa shape index (κ2) is 3.29. The summed E-state index contributed by atoms with van der Waals surface area (Å²) in [5, 5.41) is 0. The molecule has 1 N–H and O–H groups in total. The fourth-order valence-electron chi connectivity index (χ4n) is 0.252. The standard InChI is InChI=1S/C5H12O3S/c1-4-5(2,3)8-9(6)7/h4H2,1-3H3,(H,6,7). The molecule has 0 rings (SSSR count). The van der Waals surface area contributed by atoms with Crippen molar-refractivity contribution in [2.75, 3.05) is 0 Å². The summed E-state index contributed by atoms with van der Waals surface area (Å²) in [5.41, 5.74) is -0.486. The van der Waals surface area contributed by atoms with Crippen LogP contribution in [0.2, 0.25) is 0 Å². The molecule has 0 saturated heterocycles. The lowest BCUT2D eigenvalue weighted by molar-refractivity contribution is 0.110. The summed E-state index contributed by atoms with van der Waals surface area (Å²) in [6.45, 7) is 5.43. The molecule has 0 aliphatic heterocycles. The van der Waals surface area contributed by atoms with E-state index in [-0.39, 0.29) is 0 Å². The van der Waals surface area contributed by atoms with Gasteiger partial charge in [0.25, 0.3) is 0 Å². The smallest absolute Gasteiger partial charge is 0.284 e. The molecular formula is C5H12O3S. The Hall–Kier alpha value is 0.0700. The number of rotatable bonds is 3. The van der Waals surface area contributed by atoms with E-state index in [1.165, 1.54) is 0 Å². The van der Waals surface area contributed by atoms with Crippen molar-refractivity contribution >= 4 is 11.4 Å². The van der Waals surface area contributed by atoms with Crippen LogP contribution >= 0.6 is 0 Å². The number of hydrogen-bond donors (Lipinski definition) is 1. The third kappa shape index (κ3) is 4.57. The first kappa shape index (κ1) is 9.07. The van der Waals surface area contributed by atoms with Gasteiger partial charge in [-0.15, -0.1) is 0 Å². The van der Waals surface area contributed by atoms with Gasteiger partial charge in [-0.3, -0.25) is 8.74 Å². The lowest BCUT2D eigenvalue weighted by atomic mass is 10.1. The van der Waals surface area contributed by atoms with E-state index in [0.717, 1.165) is 6.42 Å². The molecule has 0 aromatic heterocycles. The van der Waals surface area contributed by atoms with Crippen molar-refractivity contribution in [2.45, 2.75) is 32.8 Å². The first-order chi connectivity index (χ1) is 3.98. The summed E-state index contributed by atoms with van der Waals surface area (Å²) in [7, 11) is 0. The average molecular weight is 152 g/mol. The van der Waals surface area contributed by atoms with E-state index in [2.05, 4.69) is 4.18 Å². The molecule has 0 aliphatic rings. The highest BCUT2D eigenvalue weighted by atomic mass is 32.2. The molecule has 0 fully saturated rings. The molecule has 0 radical (unpaired) electrons. The zero-order valence-corrected chi connectivity index (χ0v) is 6.70. The molecule has 0 saturated carbocycles. The van der Waals surface area contributed by atoms with Gasteiger partial charge in [0, 0.05) is 0 Å².